The van der Waals surface area contributed by atoms with Gasteiger partial charge in [0.2, 0.25) is 0 Å². The maximum atomic E-state index is 10.8. The van der Waals surface area contributed by atoms with E-state index in [1.807, 2.05) is 31.3 Å². The molecule has 16 heavy (non-hydrogen) atoms. The van der Waals surface area contributed by atoms with Crippen LogP contribution in [-0.4, -0.2) is 54.7 Å². The zero-order valence-corrected chi connectivity index (χ0v) is 10.6. The molecule has 0 aliphatic heterocycles. The molecule has 0 aliphatic rings. The summed E-state index contributed by atoms with van der Waals surface area (Å²) in [5.74, 6) is -0.827. The SMILES string of the molecule is Cc1csc(N(CCN(C)C)CC(=O)O)n1. The Morgan fingerprint density at radius 1 is 1.50 bits per heavy atom. The number of hydrogen-bond donors (Lipinski definition) is 1. The molecule has 0 aromatic carbocycles. The first-order valence-corrected chi connectivity index (χ1v) is 5.90. The van der Waals surface area contributed by atoms with E-state index in [1.54, 1.807) is 4.90 Å². The van der Waals surface area contributed by atoms with Crippen molar-refractivity contribution in [2.45, 2.75) is 6.92 Å². The van der Waals surface area contributed by atoms with Crippen LogP contribution < -0.4 is 4.90 Å². The van der Waals surface area contributed by atoms with Crippen LogP contribution in [0.15, 0.2) is 5.38 Å². The van der Waals surface area contributed by atoms with Gasteiger partial charge in [0.15, 0.2) is 5.13 Å². The first-order chi connectivity index (χ1) is 7.49. The molecular formula is C10H17N3O2S. The minimum Gasteiger partial charge on any atom is -0.480 e. The molecular weight excluding hydrogens is 226 g/mol. The summed E-state index contributed by atoms with van der Waals surface area (Å²) in [6.45, 7) is 3.39. The Morgan fingerprint density at radius 3 is 2.62 bits per heavy atom. The zero-order valence-electron chi connectivity index (χ0n) is 9.80. The number of nitrogens with zero attached hydrogens (tertiary/aromatic N) is 3. The van der Waals surface area contributed by atoms with E-state index in [2.05, 4.69) is 4.98 Å². The van der Waals surface area contributed by atoms with E-state index in [-0.39, 0.29) is 6.54 Å². The predicted molar refractivity (Wildman–Crippen MR) is 65.3 cm³/mol. The number of aryl methyl sites for hydroxylation is 1. The first kappa shape index (κ1) is 12.9. The summed E-state index contributed by atoms with van der Waals surface area (Å²) in [6, 6.07) is 0. The first-order valence-electron chi connectivity index (χ1n) is 5.02. The molecule has 0 aliphatic carbocycles. The molecule has 6 heteroatoms. The van der Waals surface area contributed by atoms with Crippen LogP contribution in [0.1, 0.15) is 5.69 Å². The van der Waals surface area contributed by atoms with E-state index < -0.39 is 5.97 Å². The molecule has 0 saturated carbocycles. The summed E-state index contributed by atoms with van der Waals surface area (Å²) in [4.78, 5) is 18.9. The van der Waals surface area contributed by atoms with Gasteiger partial charge in [0.25, 0.3) is 0 Å². The highest BCUT2D eigenvalue weighted by Crippen LogP contribution is 2.19. The summed E-state index contributed by atoms with van der Waals surface area (Å²) < 4.78 is 0. The van der Waals surface area contributed by atoms with Crippen molar-refractivity contribution in [1.29, 1.82) is 0 Å². The Labute approximate surface area is 99.3 Å². The topological polar surface area (TPSA) is 56.7 Å². The highest BCUT2D eigenvalue weighted by molar-refractivity contribution is 7.13. The van der Waals surface area contributed by atoms with E-state index in [9.17, 15) is 4.79 Å². The quantitative estimate of drug-likeness (QED) is 0.804. The van der Waals surface area contributed by atoms with Gasteiger partial charge in [0.05, 0.1) is 5.69 Å². The number of carbonyl (C=O) groups is 1. The molecule has 0 atom stereocenters. The number of aromatic nitrogens is 1. The van der Waals surface area contributed by atoms with Gasteiger partial charge in [0, 0.05) is 18.5 Å². The third-order valence-electron chi connectivity index (χ3n) is 2.02. The van der Waals surface area contributed by atoms with Gasteiger partial charge in [-0.25, -0.2) is 4.98 Å². The highest BCUT2D eigenvalue weighted by Gasteiger charge is 2.13. The van der Waals surface area contributed by atoms with Crippen LogP contribution >= 0.6 is 11.3 Å². The molecule has 0 amide bonds. The number of carboxylic acids is 1. The molecule has 0 fully saturated rings. The Morgan fingerprint density at radius 2 is 2.19 bits per heavy atom. The number of aliphatic carboxylic acids is 1. The average molecular weight is 243 g/mol. The number of carboxylic acid groups (broad SMARTS) is 1. The van der Waals surface area contributed by atoms with Crippen LogP contribution in [0.2, 0.25) is 0 Å². The van der Waals surface area contributed by atoms with Crippen molar-refractivity contribution in [3.63, 3.8) is 0 Å². The fourth-order valence-corrected chi connectivity index (χ4v) is 2.04. The lowest BCUT2D eigenvalue weighted by Crippen LogP contribution is -2.35. The molecule has 0 saturated heterocycles. The van der Waals surface area contributed by atoms with E-state index in [0.717, 1.165) is 17.4 Å². The molecule has 0 radical (unpaired) electrons. The molecule has 1 heterocycles. The summed E-state index contributed by atoms with van der Waals surface area (Å²) in [5.41, 5.74) is 0.931. The van der Waals surface area contributed by atoms with Gasteiger partial charge in [-0.3, -0.25) is 4.79 Å². The van der Waals surface area contributed by atoms with Crippen molar-refractivity contribution in [1.82, 2.24) is 9.88 Å². The maximum Gasteiger partial charge on any atom is 0.323 e. The molecule has 5 nitrogen and oxygen atoms in total. The second kappa shape index (κ2) is 5.81. The van der Waals surface area contributed by atoms with Crippen LogP contribution in [0.25, 0.3) is 0 Å². The lowest BCUT2D eigenvalue weighted by atomic mass is 10.4. The fourth-order valence-electron chi connectivity index (χ4n) is 1.21. The Balaban J connectivity index is 2.67. The monoisotopic (exact) mass is 243 g/mol. The van der Waals surface area contributed by atoms with Crippen molar-refractivity contribution in [2.75, 3.05) is 38.6 Å². The number of thiazole rings is 1. The zero-order chi connectivity index (χ0) is 12.1. The number of anilines is 1. The van der Waals surface area contributed by atoms with Crippen molar-refractivity contribution in [3.8, 4) is 0 Å². The third kappa shape index (κ3) is 4.16. The Hall–Kier alpha value is -1.14. The van der Waals surface area contributed by atoms with Crippen LogP contribution in [0.5, 0.6) is 0 Å². The van der Waals surface area contributed by atoms with Gasteiger partial charge in [-0.1, -0.05) is 0 Å². The smallest absolute Gasteiger partial charge is 0.323 e. The van der Waals surface area contributed by atoms with Gasteiger partial charge in [-0.15, -0.1) is 11.3 Å². The normalized spacial score (nSPS) is 10.8. The Kier molecular flexibility index (Phi) is 4.70. The fraction of sp³-hybridized carbons (Fsp3) is 0.600. The van der Waals surface area contributed by atoms with E-state index in [4.69, 9.17) is 5.11 Å². The number of hydrogen-bond acceptors (Lipinski definition) is 5. The van der Waals surface area contributed by atoms with Gasteiger partial charge in [-0.2, -0.15) is 0 Å². The summed E-state index contributed by atoms with van der Waals surface area (Å²) >= 11 is 1.48. The van der Waals surface area contributed by atoms with Crippen molar-refractivity contribution in [2.24, 2.45) is 0 Å². The van der Waals surface area contributed by atoms with Crippen molar-refractivity contribution >= 4 is 22.4 Å². The summed E-state index contributed by atoms with van der Waals surface area (Å²) in [5, 5.41) is 11.5. The molecule has 1 aromatic rings. The van der Waals surface area contributed by atoms with Crippen molar-refractivity contribution in [3.05, 3.63) is 11.1 Å². The molecule has 1 N–H and O–H groups in total. The molecule has 1 rings (SSSR count). The molecule has 90 valence electrons. The van der Waals surface area contributed by atoms with Gasteiger partial charge in [-0.05, 0) is 21.0 Å². The lowest BCUT2D eigenvalue weighted by molar-refractivity contribution is -0.135. The van der Waals surface area contributed by atoms with Gasteiger partial charge in [0.1, 0.15) is 6.54 Å². The summed E-state index contributed by atoms with van der Waals surface area (Å²) in [7, 11) is 3.93. The largest absolute Gasteiger partial charge is 0.480 e. The van der Waals surface area contributed by atoms with Crippen LogP contribution in [-0.2, 0) is 4.79 Å². The van der Waals surface area contributed by atoms with Gasteiger partial charge < -0.3 is 14.9 Å². The molecule has 0 bridgehead atoms. The van der Waals surface area contributed by atoms with Crippen LogP contribution in [0, 0.1) is 6.92 Å². The van der Waals surface area contributed by atoms with E-state index in [1.165, 1.54) is 11.3 Å². The molecule has 1 aromatic heterocycles. The second-order valence-electron chi connectivity index (χ2n) is 3.89. The Bertz CT molecular complexity index is 352. The van der Waals surface area contributed by atoms with E-state index >= 15 is 0 Å². The van der Waals surface area contributed by atoms with Crippen molar-refractivity contribution < 1.29 is 9.90 Å². The predicted octanol–water partition coefficient (Wildman–Crippen LogP) is 0.904. The minimum absolute atomic E-state index is 0.000787. The number of likely N-dealkylation sites (N-methyl/N-ethyl adjacent to an activating group) is 1. The standard InChI is InChI=1S/C10H17N3O2S/c1-8-7-16-10(11-8)13(6-9(14)15)5-4-12(2)3/h7H,4-6H2,1-3H3,(H,14,15). The average Bonchev–Trinajstić information content (AvgIpc) is 2.58. The number of rotatable bonds is 6. The highest BCUT2D eigenvalue weighted by atomic mass is 32.1. The van der Waals surface area contributed by atoms with Crippen LogP contribution in [0.4, 0.5) is 5.13 Å². The minimum atomic E-state index is -0.827. The summed E-state index contributed by atoms with van der Waals surface area (Å²) in [6.07, 6.45) is 0. The van der Waals surface area contributed by atoms with Crippen LogP contribution in [0.3, 0.4) is 0 Å². The van der Waals surface area contributed by atoms with E-state index in [0.29, 0.717) is 6.54 Å². The lowest BCUT2D eigenvalue weighted by Gasteiger charge is -2.21. The third-order valence-corrected chi connectivity index (χ3v) is 3.04. The molecule has 0 unspecified atom stereocenters. The maximum absolute atomic E-state index is 10.8. The molecule has 0 spiro atoms. The van der Waals surface area contributed by atoms with Gasteiger partial charge >= 0.3 is 5.97 Å². The second-order valence-corrected chi connectivity index (χ2v) is 4.73.